The Morgan fingerprint density at radius 2 is 1.97 bits per heavy atom. The number of aryl methyl sites for hydroxylation is 1. The smallest absolute Gasteiger partial charge is 0.236 e. The van der Waals surface area contributed by atoms with Crippen molar-refractivity contribution in [2.75, 3.05) is 23.1 Å². The lowest BCUT2D eigenvalue weighted by atomic mass is 10.0. The quantitative estimate of drug-likeness (QED) is 0.336. The molecule has 3 N–H and O–H groups in total. The van der Waals surface area contributed by atoms with E-state index < -0.39 is 10.0 Å². The Labute approximate surface area is 216 Å². The van der Waals surface area contributed by atoms with E-state index in [0.717, 1.165) is 72.9 Å². The minimum absolute atomic E-state index is 0.306. The summed E-state index contributed by atoms with van der Waals surface area (Å²) in [6.45, 7) is 4.10. The highest BCUT2D eigenvalue weighted by Crippen LogP contribution is 2.31. The molecule has 1 unspecified atom stereocenters. The van der Waals surface area contributed by atoms with Crippen molar-refractivity contribution >= 4 is 38.2 Å². The van der Waals surface area contributed by atoms with Crippen LogP contribution in [0.4, 0.5) is 11.8 Å². The van der Waals surface area contributed by atoms with Crippen LogP contribution in [0.2, 0.25) is 0 Å². The number of sulfonamides is 1. The minimum Gasteiger partial charge on any atom is -0.350 e. The fourth-order valence-corrected chi connectivity index (χ4v) is 7.06. The summed E-state index contributed by atoms with van der Waals surface area (Å²) in [5, 5.41) is 11.9. The van der Waals surface area contributed by atoms with Crippen LogP contribution in [-0.2, 0) is 16.4 Å². The Morgan fingerprint density at radius 3 is 2.76 bits per heavy atom. The van der Waals surface area contributed by atoms with Gasteiger partial charge in [-0.1, -0.05) is 19.8 Å². The first kappa shape index (κ1) is 24.1. The van der Waals surface area contributed by atoms with Crippen LogP contribution >= 0.6 is 0 Å². The maximum atomic E-state index is 12.9. The van der Waals surface area contributed by atoms with Crippen molar-refractivity contribution in [2.45, 2.75) is 63.2 Å². The lowest BCUT2D eigenvalue weighted by Crippen LogP contribution is -2.38. The fourth-order valence-electron chi connectivity index (χ4n) is 5.51. The molecule has 3 aromatic heterocycles. The van der Waals surface area contributed by atoms with E-state index in [2.05, 4.69) is 49.5 Å². The Morgan fingerprint density at radius 1 is 1.11 bits per heavy atom. The molecule has 1 saturated heterocycles. The van der Waals surface area contributed by atoms with Crippen LogP contribution in [0.15, 0.2) is 36.8 Å². The topological polar surface area (TPSA) is 126 Å². The van der Waals surface area contributed by atoms with Crippen LogP contribution in [0, 0.1) is 0 Å². The van der Waals surface area contributed by atoms with Crippen molar-refractivity contribution in [3.05, 3.63) is 42.4 Å². The molecular weight excluding hydrogens is 488 g/mol. The summed E-state index contributed by atoms with van der Waals surface area (Å²) in [4.78, 5) is 13.7. The van der Waals surface area contributed by atoms with Crippen LogP contribution in [-0.4, -0.2) is 57.4 Å². The van der Waals surface area contributed by atoms with E-state index in [0.29, 0.717) is 36.2 Å². The number of nitrogens with one attached hydrogen (secondary N) is 3. The molecule has 1 aromatic carbocycles. The van der Waals surface area contributed by atoms with Gasteiger partial charge in [0.15, 0.2) is 5.82 Å². The van der Waals surface area contributed by atoms with Gasteiger partial charge in [0.25, 0.3) is 0 Å². The zero-order valence-electron chi connectivity index (χ0n) is 20.9. The van der Waals surface area contributed by atoms with Crippen molar-refractivity contribution in [1.29, 1.82) is 0 Å². The Hall–Kier alpha value is -3.31. The average Bonchev–Trinajstić information content (AvgIpc) is 3.60. The first-order chi connectivity index (χ1) is 18.0. The lowest BCUT2D eigenvalue weighted by Gasteiger charge is -2.23. The minimum atomic E-state index is -3.49. The first-order valence-electron chi connectivity index (χ1n) is 13.1. The van der Waals surface area contributed by atoms with Crippen molar-refractivity contribution in [2.24, 2.45) is 0 Å². The molecule has 0 radical (unpaired) electrons. The molecule has 2 fully saturated rings. The fraction of sp³-hybridized carbons (Fsp3) is 0.462. The van der Waals surface area contributed by atoms with Crippen molar-refractivity contribution in [3.63, 3.8) is 0 Å². The molecule has 10 nitrogen and oxygen atoms in total. The number of benzene rings is 1. The molecule has 1 atom stereocenters. The highest BCUT2D eigenvalue weighted by Gasteiger charge is 2.29. The molecule has 4 aromatic rings. The lowest BCUT2D eigenvalue weighted by molar-refractivity contribution is 0.478. The van der Waals surface area contributed by atoms with Gasteiger partial charge >= 0.3 is 0 Å². The van der Waals surface area contributed by atoms with Gasteiger partial charge in [0.05, 0.1) is 16.5 Å². The Bertz CT molecular complexity index is 1540. The molecule has 1 aliphatic heterocycles. The van der Waals surface area contributed by atoms with E-state index in [9.17, 15) is 8.42 Å². The van der Waals surface area contributed by atoms with Gasteiger partial charge in [0, 0.05) is 29.7 Å². The summed E-state index contributed by atoms with van der Waals surface area (Å²) >= 11 is 0. The third kappa shape index (κ3) is 4.73. The van der Waals surface area contributed by atoms with Crippen LogP contribution in [0.1, 0.15) is 51.0 Å². The Kier molecular flexibility index (Phi) is 6.41. The van der Waals surface area contributed by atoms with E-state index in [1.54, 1.807) is 4.52 Å². The van der Waals surface area contributed by atoms with Gasteiger partial charge in [0.2, 0.25) is 16.0 Å². The maximum Gasteiger partial charge on any atom is 0.236 e. The number of rotatable bonds is 7. The van der Waals surface area contributed by atoms with Gasteiger partial charge < -0.3 is 10.6 Å². The molecule has 0 amide bonds. The van der Waals surface area contributed by atoms with Gasteiger partial charge in [-0.05, 0) is 68.5 Å². The third-order valence-corrected chi connectivity index (χ3v) is 9.33. The summed E-state index contributed by atoms with van der Waals surface area (Å²) < 4.78 is 30.3. The number of nitrogens with zero attached hydrogens (tertiary/aromatic N) is 5. The molecule has 11 heteroatoms. The third-order valence-electron chi connectivity index (χ3n) is 7.50. The monoisotopic (exact) mass is 520 g/mol. The van der Waals surface area contributed by atoms with Gasteiger partial charge in [-0.2, -0.15) is 5.10 Å². The summed E-state index contributed by atoms with van der Waals surface area (Å²) in [6, 6.07) is 8.34. The second kappa shape index (κ2) is 9.86. The standard InChI is InChI=1S/C26H32N8O2S/c1-2-17-12-18(13-19-14-28-26(32-24(17)19)31-20-6-5-11-27-15-20)22-9-10-23-25(29-16-30-34(22)23)33-37(35,36)21-7-3-4-8-21/h9-10,12-14,16,20-21,27H,2-8,11,15H2,1H3,(H,28,31,32)(H,29,30,33). The highest BCUT2D eigenvalue weighted by atomic mass is 32.2. The highest BCUT2D eigenvalue weighted by molar-refractivity contribution is 7.93. The molecule has 0 spiro atoms. The molecule has 2 aliphatic rings. The number of hydrogen-bond acceptors (Lipinski definition) is 8. The van der Waals surface area contributed by atoms with E-state index >= 15 is 0 Å². The van der Waals surface area contributed by atoms with Gasteiger partial charge in [-0.3, -0.25) is 4.72 Å². The normalized spacial score (nSPS) is 19.0. The van der Waals surface area contributed by atoms with Crippen molar-refractivity contribution in [1.82, 2.24) is 29.9 Å². The molecule has 37 heavy (non-hydrogen) atoms. The summed E-state index contributed by atoms with van der Waals surface area (Å²) in [5.74, 6) is 0.963. The molecule has 1 aliphatic carbocycles. The van der Waals surface area contributed by atoms with Crippen LogP contribution in [0.3, 0.4) is 0 Å². The summed E-state index contributed by atoms with van der Waals surface area (Å²) in [6.07, 6.45) is 9.61. The SMILES string of the molecule is CCc1cc(-c2ccc3c(NS(=O)(=O)C4CCCC4)ncnn23)cc2cnc(NC3CCCNC3)nc12. The van der Waals surface area contributed by atoms with E-state index in [1.165, 1.54) is 6.33 Å². The Balaban J connectivity index is 1.34. The molecule has 6 rings (SSSR count). The number of piperidine rings is 1. The van der Waals surface area contributed by atoms with Crippen LogP contribution in [0.25, 0.3) is 27.7 Å². The van der Waals surface area contributed by atoms with Crippen molar-refractivity contribution < 1.29 is 8.42 Å². The largest absolute Gasteiger partial charge is 0.350 e. The second-order valence-corrected chi connectivity index (χ2v) is 11.9. The van der Waals surface area contributed by atoms with E-state index in [1.807, 2.05) is 18.3 Å². The predicted molar refractivity (Wildman–Crippen MR) is 145 cm³/mol. The maximum absolute atomic E-state index is 12.9. The van der Waals surface area contributed by atoms with Crippen LogP contribution < -0.4 is 15.4 Å². The average molecular weight is 521 g/mol. The summed E-state index contributed by atoms with van der Waals surface area (Å²) in [7, 11) is -3.49. The van der Waals surface area contributed by atoms with Crippen LogP contribution in [0.5, 0.6) is 0 Å². The molecule has 4 heterocycles. The molecule has 194 valence electrons. The van der Waals surface area contributed by atoms with Gasteiger partial charge in [0.1, 0.15) is 11.8 Å². The number of fused-ring (bicyclic) bond motifs is 2. The number of hydrogen-bond donors (Lipinski definition) is 3. The molecular formula is C26H32N8O2S. The predicted octanol–water partition coefficient (Wildman–Crippen LogP) is 3.75. The van der Waals surface area contributed by atoms with E-state index in [4.69, 9.17) is 4.98 Å². The number of anilines is 2. The zero-order chi connectivity index (χ0) is 25.4. The second-order valence-electron chi connectivity index (χ2n) is 9.99. The summed E-state index contributed by atoms with van der Waals surface area (Å²) in [5.41, 5.74) is 4.49. The van der Waals surface area contributed by atoms with Gasteiger partial charge in [-0.25, -0.2) is 27.9 Å². The zero-order valence-corrected chi connectivity index (χ0v) is 21.8. The van der Waals surface area contributed by atoms with E-state index in [-0.39, 0.29) is 5.25 Å². The molecule has 0 bridgehead atoms. The molecule has 1 saturated carbocycles. The first-order valence-corrected chi connectivity index (χ1v) is 14.7. The van der Waals surface area contributed by atoms with Gasteiger partial charge in [-0.15, -0.1) is 0 Å². The van der Waals surface area contributed by atoms with Crippen molar-refractivity contribution in [3.8, 4) is 11.3 Å². The number of aromatic nitrogens is 5.